The van der Waals surface area contributed by atoms with Gasteiger partial charge in [-0.2, -0.15) is 0 Å². The number of aliphatic hydroxyl groups excluding tert-OH is 2. The van der Waals surface area contributed by atoms with E-state index >= 15 is 0 Å². The van der Waals surface area contributed by atoms with Gasteiger partial charge in [0, 0.05) is 70.6 Å². The van der Waals surface area contributed by atoms with Gasteiger partial charge in [-0.05, 0) is 81.1 Å². The van der Waals surface area contributed by atoms with Crippen LogP contribution < -0.4 is 0 Å². The molecule has 442 valence electrons. The number of esters is 1. The Bertz CT molecular complexity index is 2450. The Kier molecular flexibility index (Phi) is 13.2. The molecule has 0 aliphatic carbocycles. The largest absolute Gasteiger partial charge is 0.459 e. The third kappa shape index (κ3) is 8.90. The lowest BCUT2D eigenvalue weighted by Gasteiger charge is -2.53. The van der Waals surface area contributed by atoms with Crippen LogP contribution in [-0.4, -0.2) is 205 Å². The van der Waals surface area contributed by atoms with Gasteiger partial charge in [0.25, 0.3) is 0 Å². The Labute approximate surface area is 467 Å². The third-order valence-electron chi connectivity index (χ3n) is 22.2. The van der Waals surface area contributed by atoms with Crippen LogP contribution in [0.2, 0.25) is 0 Å². The first-order valence-electron chi connectivity index (χ1n) is 30.9. The van der Waals surface area contributed by atoms with Crippen molar-refractivity contribution in [3.63, 3.8) is 0 Å². The molecule has 31 atom stereocenters. The molecule has 0 aromatic carbocycles. The van der Waals surface area contributed by atoms with Gasteiger partial charge in [-0.1, -0.05) is 27.0 Å². The van der Waals surface area contributed by atoms with Gasteiger partial charge in [-0.15, -0.1) is 0 Å². The maximum absolute atomic E-state index is 14.6. The van der Waals surface area contributed by atoms with E-state index in [-0.39, 0.29) is 129 Å². The first kappa shape index (κ1) is 53.4. The van der Waals surface area contributed by atoms with Crippen molar-refractivity contribution >= 4 is 12.7 Å². The van der Waals surface area contributed by atoms with Crippen LogP contribution in [0.25, 0.3) is 0 Å². The molecule has 2 N–H and O–H groups in total. The second kappa shape index (κ2) is 19.7. The molecule has 12 bridgehead atoms. The van der Waals surface area contributed by atoms with Crippen LogP contribution in [0.5, 0.6) is 0 Å². The summed E-state index contributed by atoms with van der Waals surface area (Å²) < 4.78 is 110. The minimum absolute atomic E-state index is 0.00630. The number of aliphatic imine (C=N–C) groups is 1. The first-order valence-corrected chi connectivity index (χ1v) is 30.9. The topological polar surface area (TPSA) is 218 Å². The molecule has 17 fully saturated rings. The van der Waals surface area contributed by atoms with Crippen LogP contribution in [0.15, 0.2) is 29.3 Å². The molecule has 0 aromatic heterocycles. The minimum atomic E-state index is -1.24. The van der Waals surface area contributed by atoms with Crippen LogP contribution in [0.4, 0.5) is 0 Å². The van der Waals surface area contributed by atoms with Gasteiger partial charge < -0.3 is 86.0 Å². The zero-order valence-electron chi connectivity index (χ0n) is 46.3. The van der Waals surface area contributed by atoms with Gasteiger partial charge in [0.15, 0.2) is 23.1 Å². The third-order valence-corrected chi connectivity index (χ3v) is 22.2. The number of ether oxygens (including phenoxy) is 16. The van der Waals surface area contributed by atoms with Crippen molar-refractivity contribution in [3.05, 3.63) is 24.3 Å². The zero-order chi connectivity index (χ0) is 54.2. The van der Waals surface area contributed by atoms with E-state index in [2.05, 4.69) is 33.7 Å². The molecule has 80 heavy (non-hydrogen) atoms. The Morgan fingerprint density at radius 1 is 0.525 bits per heavy atom. The number of nitrogens with zero attached hydrogens (tertiary/aromatic N) is 1. The van der Waals surface area contributed by atoms with Crippen molar-refractivity contribution in [2.75, 3.05) is 6.61 Å². The maximum atomic E-state index is 14.6. The molecule has 20 nitrogen and oxygen atoms in total. The van der Waals surface area contributed by atoms with E-state index in [4.69, 9.17) is 80.8 Å². The molecule has 0 amide bonds. The van der Waals surface area contributed by atoms with Crippen LogP contribution in [0.3, 0.4) is 0 Å². The predicted molar refractivity (Wildman–Crippen MR) is 276 cm³/mol. The molecular weight excluding hydrogens is 1040 g/mol. The van der Waals surface area contributed by atoms with Crippen molar-refractivity contribution in [1.29, 1.82) is 0 Å². The number of hydrogen-bond acceptors (Lipinski definition) is 20. The maximum Gasteiger partial charge on any atom is 0.308 e. The molecule has 0 saturated carbocycles. The van der Waals surface area contributed by atoms with E-state index in [1.165, 1.54) is 0 Å². The SMILES string of the molecule is C=NC12C[C@H]3OC(=O)CC4CC[C@@H]5O[C@@H]6[C@H]7O[C@@H]8C[C@](CC[C@H]9CC(=C)C(CCC%10C[C@@H](C)C(=C)[C@@H](CC3O[C@H]1C[C@H]1O[C@]3(C[C@@H]%11O[C@@]%12(CC[C@@H]%11O3)C[C@H](C)[C@@H]3O[C@@H]%11C[C@@H]([C@@H](O)CO)O[C@@H]%11C[C@@H]3O%12)C[C@H]1O2)O%10)O9)(O[C@H]7[C@H]5O4)O[C@H]68. The van der Waals surface area contributed by atoms with Crippen molar-refractivity contribution in [2.45, 2.75) is 318 Å². The second-order valence-corrected chi connectivity index (χ2v) is 27.4. The number of rotatable bonds is 3. The summed E-state index contributed by atoms with van der Waals surface area (Å²) in [7, 11) is 0. The normalized spacial score (nSPS) is 57.9. The predicted octanol–water partition coefficient (Wildman–Crippen LogP) is 4.87. The van der Waals surface area contributed by atoms with E-state index in [1.54, 1.807) is 0 Å². The number of hydrogen-bond donors (Lipinski definition) is 2. The highest BCUT2D eigenvalue weighted by molar-refractivity contribution is 5.70. The highest BCUT2D eigenvalue weighted by Gasteiger charge is 2.70. The van der Waals surface area contributed by atoms with Gasteiger partial charge >= 0.3 is 5.97 Å². The summed E-state index contributed by atoms with van der Waals surface area (Å²) in [5, 5.41) is 20.0. The summed E-state index contributed by atoms with van der Waals surface area (Å²) >= 11 is 0. The summed E-state index contributed by atoms with van der Waals surface area (Å²) in [6.07, 6.45) is 3.86. The molecular formula is C60H83NO19. The average Bonchev–Trinajstić information content (AvgIpc) is 4.28. The van der Waals surface area contributed by atoms with Crippen LogP contribution in [0.1, 0.15) is 142 Å². The summed E-state index contributed by atoms with van der Waals surface area (Å²) in [4.78, 5) is 19.3. The molecule has 0 radical (unpaired) electrons. The van der Waals surface area contributed by atoms with E-state index in [1.807, 2.05) is 0 Å². The lowest BCUT2D eigenvalue weighted by atomic mass is 9.80. The second-order valence-electron chi connectivity index (χ2n) is 27.4. The fraction of sp³-hybridized carbons (Fsp3) is 0.900. The number of carbonyl (C=O) groups is 1. The summed E-state index contributed by atoms with van der Waals surface area (Å²) in [6.45, 7) is 17.3. The Balaban J connectivity index is 0.631. The quantitative estimate of drug-likeness (QED) is 0.219. The molecule has 0 aromatic rings. The van der Waals surface area contributed by atoms with Gasteiger partial charge in [0.1, 0.15) is 48.8 Å². The molecule has 5 unspecified atom stereocenters. The first-order chi connectivity index (χ1) is 38.6. The lowest BCUT2D eigenvalue weighted by molar-refractivity contribution is -0.362. The zero-order valence-corrected chi connectivity index (χ0v) is 46.3. The molecule has 17 heterocycles. The standard InChI is InChI=1S/C60H83NO19/c1-27-14-31-6-8-35-28(2)15-33(65-35)10-12-58-24-48-53(79-58)54-55(73-48)56(80-58)52-37(71-54)9-7-32(67-52)16-50(64)70-45-25-60(61-5)49(69-42(45)17-38(66-31)30(27)4)20-43-47(78-60)23-59(75-43)22-46-36(74-59)11-13-57(77-46)21-29(3)51-44(76-57)19-40-41(72-51)18-39(68-40)34(63)26-62/h27,29,31-49,51-56,62-63H,2,4-26H2,1,3H3/t27-,29+,31?,32?,33+,34+,35?,36+,37+,38-,39+,40-,41-,42?,43-,44+,45-,46+,47-,48-,49+,51+,52+,53+,54+,55-,56+,57+,58+,59-,60?/m1/s1. The lowest BCUT2D eigenvalue weighted by Crippen LogP contribution is -2.63. The monoisotopic (exact) mass is 1120 g/mol. The number of fused-ring (bicyclic) bond motifs is 11. The van der Waals surface area contributed by atoms with E-state index < -0.39 is 84.0 Å². The van der Waals surface area contributed by atoms with E-state index in [0.717, 1.165) is 49.7 Å². The smallest absolute Gasteiger partial charge is 0.308 e. The Morgan fingerprint density at radius 2 is 1.21 bits per heavy atom. The van der Waals surface area contributed by atoms with Gasteiger partial charge in [0.2, 0.25) is 0 Å². The molecule has 20 heteroatoms. The van der Waals surface area contributed by atoms with E-state index in [9.17, 15) is 15.0 Å². The number of aliphatic hydroxyl groups is 2. The number of carbonyl (C=O) groups excluding carboxylic acids is 1. The van der Waals surface area contributed by atoms with Crippen molar-refractivity contribution in [1.82, 2.24) is 0 Å². The highest BCUT2D eigenvalue weighted by Crippen LogP contribution is 2.58. The van der Waals surface area contributed by atoms with Crippen molar-refractivity contribution < 1.29 is 90.8 Å². The molecule has 17 aliphatic heterocycles. The van der Waals surface area contributed by atoms with Gasteiger partial charge in [-0.25, -0.2) is 0 Å². The fourth-order valence-corrected chi connectivity index (χ4v) is 18.3. The van der Waals surface area contributed by atoms with Gasteiger partial charge in [-0.3, -0.25) is 9.79 Å². The van der Waals surface area contributed by atoms with Crippen LogP contribution in [-0.2, 0) is 80.6 Å². The minimum Gasteiger partial charge on any atom is -0.459 e. The fourth-order valence-electron chi connectivity index (χ4n) is 18.3. The summed E-state index contributed by atoms with van der Waals surface area (Å²) in [5.74, 6) is -2.65. The van der Waals surface area contributed by atoms with Crippen LogP contribution >= 0.6 is 0 Å². The average molecular weight is 1120 g/mol. The highest BCUT2D eigenvalue weighted by atomic mass is 16.8. The van der Waals surface area contributed by atoms with Crippen molar-refractivity contribution in [2.24, 2.45) is 16.8 Å². The molecule has 17 aliphatic rings. The van der Waals surface area contributed by atoms with E-state index in [0.29, 0.717) is 77.0 Å². The summed E-state index contributed by atoms with van der Waals surface area (Å²) in [6, 6.07) is 0. The van der Waals surface area contributed by atoms with Crippen LogP contribution in [0, 0.1) is 11.8 Å². The molecule has 17 rings (SSSR count). The molecule has 3 spiro atoms. The molecule has 17 saturated heterocycles. The Morgan fingerprint density at radius 3 is 2.08 bits per heavy atom. The van der Waals surface area contributed by atoms with Crippen molar-refractivity contribution in [3.8, 4) is 0 Å². The Hall–Kier alpha value is -2.06. The van der Waals surface area contributed by atoms with Gasteiger partial charge in [0.05, 0.1) is 117 Å². The summed E-state index contributed by atoms with van der Waals surface area (Å²) in [5.41, 5.74) is 0.879.